The van der Waals surface area contributed by atoms with Gasteiger partial charge in [0.2, 0.25) is 0 Å². The Morgan fingerprint density at radius 1 is 1.12 bits per heavy atom. The largest absolute Gasteiger partial charge is 0.353 e. The zero-order valence-corrected chi connectivity index (χ0v) is 15.4. The van der Waals surface area contributed by atoms with Crippen LogP contribution in [0.4, 0.5) is 11.6 Å². The van der Waals surface area contributed by atoms with Gasteiger partial charge in [0.05, 0.1) is 5.56 Å². The maximum absolute atomic E-state index is 8.91. The van der Waals surface area contributed by atoms with E-state index in [1.165, 1.54) is 18.4 Å². The van der Waals surface area contributed by atoms with E-state index in [-0.39, 0.29) is 0 Å². The van der Waals surface area contributed by atoms with Gasteiger partial charge in [0.15, 0.2) is 0 Å². The first-order chi connectivity index (χ1) is 12.7. The molecule has 0 N–H and O–H groups in total. The zero-order chi connectivity index (χ0) is 18.1. The van der Waals surface area contributed by atoms with Crippen LogP contribution in [0, 0.1) is 18.3 Å². The van der Waals surface area contributed by atoms with Crippen molar-refractivity contribution in [3.05, 3.63) is 41.0 Å². The Bertz CT molecular complexity index is 827. The summed E-state index contributed by atoms with van der Waals surface area (Å²) in [6, 6.07) is 5.89. The van der Waals surface area contributed by atoms with Crippen molar-refractivity contribution in [3.8, 4) is 6.07 Å². The lowest BCUT2D eigenvalue weighted by Gasteiger charge is -2.37. The van der Waals surface area contributed by atoms with Crippen molar-refractivity contribution in [1.82, 2.24) is 15.0 Å². The third-order valence-electron chi connectivity index (χ3n) is 5.29. The van der Waals surface area contributed by atoms with Crippen molar-refractivity contribution >= 4 is 11.6 Å². The number of aromatic nitrogens is 3. The van der Waals surface area contributed by atoms with E-state index < -0.39 is 0 Å². The van der Waals surface area contributed by atoms with E-state index in [0.29, 0.717) is 11.5 Å². The Morgan fingerprint density at radius 3 is 2.42 bits per heavy atom. The molecule has 0 spiro atoms. The van der Waals surface area contributed by atoms with Crippen LogP contribution in [0.15, 0.2) is 18.3 Å². The molecule has 2 aliphatic rings. The standard InChI is InChI=1S/C20H24N6/c1-3-17-14(2)23-19(16-5-6-16)24-20(17)26-10-8-25(9-11-26)18-7-4-15(12-21)13-22-18/h4,7,13,16H,3,5-6,8-11H2,1-2H3. The molecule has 0 bridgehead atoms. The molecule has 0 aromatic carbocycles. The first-order valence-electron chi connectivity index (χ1n) is 9.43. The summed E-state index contributed by atoms with van der Waals surface area (Å²) in [4.78, 5) is 18.8. The fraction of sp³-hybridized carbons (Fsp3) is 0.500. The highest BCUT2D eigenvalue weighted by Gasteiger charge is 2.29. The van der Waals surface area contributed by atoms with Crippen molar-refractivity contribution in [2.45, 2.75) is 39.0 Å². The molecule has 0 radical (unpaired) electrons. The number of aryl methyl sites for hydroxylation is 1. The fourth-order valence-electron chi connectivity index (χ4n) is 3.59. The highest BCUT2D eigenvalue weighted by Crippen LogP contribution is 2.39. The number of piperazine rings is 1. The lowest BCUT2D eigenvalue weighted by atomic mass is 10.1. The second-order valence-electron chi connectivity index (χ2n) is 7.09. The first kappa shape index (κ1) is 16.8. The van der Waals surface area contributed by atoms with Gasteiger partial charge in [-0.15, -0.1) is 0 Å². The van der Waals surface area contributed by atoms with Crippen LogP contribution in [-0.2, 0) is 6.42 Å². The quantitative estimate of drug-likeness (QED) is 0.846. The molecule has 26 heavy (non-hydrogen) atoms. The number of hydrogen-bond acceptors (Lipinski definition) is 6. The zero-order valence-electron chi connectivity index (χ0n) is 15.4. The van der Waals surface area contributed by atoms with Gasteiger partial charge < -0.3 is 9.80 Å². The van der Waals surface area contributed by atoms with E-state index in [4.69, 9.17) is 15.2 Å². The lowest BCUT2D eigenvalue weighted by molar-refractivity contribution is 0.635. The molecule has 134 valence electrons. The topological polar surface area (TPSA) is 68.9 Å². The van der Waals surface area contributed by atoms with Crippen LogP contribution in [-0.4, -0.2) is 41.1 Å². The Hall–Kier alpha value is -2.68. The molecule has 1 aliphatic heterocycles. The van der Waals surface area contributed by atoms with E-state index in [1.54, 1.807) is 6.20 Å². The Balaban J connectivity index is 1.51. The minimum atomic E-state index is 0.572. The van der Waals surface area contributed by atoms with Crippen molar-refractivity contribution in [1.29, 1.82) is 5.26 Å². The Morgan fingerprint density at radius 2 is 1.85 bits per heavy atom. The van der Waals surface area contributed by atoms with E-state index in [0.717, 1.165) is 55.8 Å². The Labute approximate surface area is 154 Å². The second kappa shape index (κ2) is 6.91. The van der Waals surface area contributed by atoms with Crippen LogP contribution < -0.4 is 9.80 Å². The number of nitriles is 1. The summed E-state index contributed by atoms with van der Waals surface area (Å²) in [5.41, 5.74) is 3.01. The summed E-state index contributed by atoms with van der Waals surface area (Å²) < 4.78 is 0. The lowest BCUT2D eigenvalue weighted by Crippen LogP contribution is -2.47. The molecule has 4 rings (SSSR count). The third kappa shape index (κ3) is 3.22. The van der Waals surface area contributed by atoms with Gasteiger partial charge in [0.25, 0.3) is 0 Å². The van der Waals surface area contributed by atoms with Gasteiger partial charge in [-0.2, -0.15) is 5.26 Å². The summed E-state index contributed by atoms with van der Waals surface area (Å²) in [6.07, 6.45) is 5.06. The van der Waals surface area contributed by atoms with E-state index >= 15 is 0 Å². The van der Waals surface area contributed by atoms with E-state index in [9.17, 15) is 0 Å². The van der Waals surface area contributed by atoms with Gasteiger partial charge in [0.1, 0.15) is 23.5 Å². The average Bonchev–Trinajstić information content (AvgIpc) is 3.53. The molecule has 0 amide bonds. The molecular weight excluding hydrogens is 324 g/mol. The summed E-state index contributed by atoms with van der Waals surface area (Å²) in [5, 5.41) is 8.91. The third-order valence-corrected chi connectivity index (χ3v) is 5.29. The molecule has 2 aromatic heterocycles. The van der Waals surface area contributed by atoms with Crippen molar-refractivity contribution < 1.29 is 0 Å². The first-order valence-corrected chi connectivity index (χ1v) is 9.43. The maximum atomic E-state index is 8.91. The van der Waals surface area contributed by atoms with Crippen molar-refractivity contribution in [2.75, 3.05) is 36.0 Å². The summed E-state index contributed by atoms with van der Waals surface area (Å²) in [5.74, 6) is 3.68. The molecule has 1 saturated heterocycles. The summed E-state index contributed by atoms with van der Waals surface area (Å²) in [6.45, 7) is 7.97. The number of anilines is 2. The molecular formula is C20H24N6. The van der Waals surface area contributed by atoms with Crippen LogP contribution in [0.3, 0.4) is 0 Å². The molecule has 2 aromatic rings. The minimum Gasteiger partial charge on any atom is -0.353 e. The normalized spacial score (nSPS) is 17.3. The van der Waals surface area contributed by atoms with Crippen molar-refractivity contribution in [2.24, 2.45) is 0 Å². The molecule has 6 nitrogen and oxygen atoms in total. The second-order valence-corrected chi connectivity index (χ2v) is 7.09. The van der Waals surface area contributed by atoms with Crippen molar-refractivity contribution in [3.63, 3.8) is 0 Å². The van der Waals surface area contributed by atoms with Crippen LogP contribution in [0.5, 0.6) is 0 Å². The molecule has 0 atom stereocenters. The molecule has 3 heterocycles. The van der Waals surface area contributed by atoms with Gasteiger partial charge >= 0.3 is 0 Å². The highest BCUT2D eigenvalue weighted by atomic mass is 15.3. The Kier molecular flexibility index (Phi) is 4.46. The predicted molar refractivity (Wildman–Crippen MR) is 102 cm³/mol. The number of nitrogens with zero attached hydrogens (tertiary/aromatic N) is 6. The molecule has 2 fully saturated rings. The maximum Gasteiger partial charge on any atom is 0.135 e. The number of pyridine rings is 1. The summed E-state index contributed by atoms with van der Waals surface area (Å²) >= 11 is 0. The fourth-order valence-corrected chi connectivity index (χ4v) is 3.59. The smallest absolute Gasteiger partial charge is 0.135 e. The highest BCUT2D eigenvalue weighted by molar-refractivity contribution is 5.52. The van der Waals surface area contributed by atoms with Crippen LogP contribution >= 0.6 is 0 Å². The van der Waals surface area contributed by atoms with E-state index in [1.807, 2.05) is 12.1 Å². The number of hydrogen-bond donors (Lipinski definition) is 0. The van der Waals surface area contributed by atoms with Gasteiger partial charge in [-0.3, -0.25) is 0 Å². The monoisotopic (exact) mass is 348 g/mol. The molecule has 1 aliphatic carbocycles. The average molecular weight is 348 g/mol. The van der Waals surface area contributed by atoms with Crippen LogP contribution in [0.2, 0.25) is 0 Å². The predicted octanol–water partition coefficient (Wildman–Crippen LogP) is 2.82. The van der Waals surface area contributed by atoms with Crippen LogP contribution in [0.1, 0.15) is 48.3 Å². The van der Waals surface area contributed by atoms with Gasteiger partial charge in [0, 0.05) is 49.6 Å². The van der Waals surface area contributed by atoms with E-state index in [2.05, 4.69) is 34.7 Å². The van der Waals surface area contributed by atoms with Gasteiger partial charge in [-0.05, 0) is 38.3 Å². The minimum absolute atomic E-state index is 0.572. The summed E-state index contributed by atoms with van der Waals surface area (Å²) in [7, 11) is 0. The SMILES string of the molecule is CCc1c(C)nc(C2CC2)nc1N1CCN(c2ccc(C#N)cn2)CC1. The molecule has 1 saturated carbocycles. The van der Waals surface area contributed by atoms with Gasteiger partial charge in [-0.25, -0.2) is 15.0 Å². The number of rotatable bonds is 4. The van der Waals surface area contributed by atoms with Gasteiger partial charge in [-0.1, -0.05) is 6.92 Å². The van der Waals surface area contributed by atoms with Crippen LogP contribution in [0.25, 0.3) is 0 Å². The molecule has 6 heteroatoms. The molecule has 0 unspecified atom stereocenters.